The van der Waals surface area contributed by atoms with Gasteiger partial charge >= 0.3 is 12.4 Å². The number of benzene rings is 3. The van der Waals surface area contributed by atoms with E-state index in [-0.39, 0.29) is 11.4 Å². The van der Waals surface area contributed by atoms with Gasteiger partial charge in [-0.05, 0) is 60.2 Å². The number of hydrogen-bond acceptors (Lipinski definition) is 2. The van der Waals surface area contributed by atoms with Crippen molar-refractivity contribution < 1.29 is 35.9 Å². The molecule has 0 saturated heterocycles. The minimum Gasteiger partial charge on any atom is -0.322 e. The van der Waals surface area contributed by atoms with Gasteiger partial charge in [0.15, 0.2) is 0 Å². The molecule has 2 N–H and O–H groups in total. The highest BCUT2D eigenvalue weighted by atomic mass is 79.9. The number of amides is 2. The van der Waals surface area contributed by atoms with Gasteiger partial charge in [0, 0.05) is 15.8 Å². The van der Waals surface area contributed by atoms with Crippen molar-refractivity contribution in [1.82, 2.24) is 0 Å². The lowest BCUT2D eigenvalue weighted by atomic mass is 10.1. The Morgan fingerprint density at radius 1 is 0.686 bits per heavy atom. The Balaban J connectivity index is 1.93. The van der Waals surface area contributed by atoms with E-state index in [0.717, 1.165) is 24.3 Å². The van der Waals surface area contributed by atoms with Gasteiger partial charge in [-0.3, -0.25) is 9.59 Å². The van der Waals surface area contributed by atoms with Gasteiger partial charge in [0.1, 0.15) is 5.57 Å². The van der Waals surface area contributed by atoms with E-state index in [9.17, 15) is 35.9 Å². The molecule has 0 aliphatic heterocycles. The Bertz CT molecular complexity index is 1190. The summed E-state index contributed by atoms with van der Waals surface area (Å²) in [7, 11) is 0. The van der Waals surface area contributed by atoms with Gasteiger partial charge in [0.25, 0.3) is 11.8 Å². The number of halogens is 7. The summed E-state index contributed by atoms with van der Waals surface area (Å²) in [5.74, 6) is -2.12. The van der Waals surface area contributed by atoms with Crippen LogP contribution in [-0.2, 0) is 21.9 Å². The minimum atomic E-state index is -4.66. The van der Waals surface area contributed by atoms with Crippen LogP contribution in [0.2, 0.25) is 0 Å². The largest absolute Gasteiger partial charge is 0.416 e. The van der Waals surface area contributed by atoms with Gasteiger partial charge < -0.3 is 10.6 Å². The fraction of sp³-hybridized carbons (Fsp3) is 0.0833. The molecule has 0 aliphatic rings. The number of nitrogens with one attached hydrogen (secondary N) is 2. The minimum absolute atomic E-state index is 0.224. The third-order valence-electron chi connectivity index (χ3n) is 4.57. The van der Waals surface area contributed by atoms with E-state index < -0.39 is 40.9 Å². The third kappa shape index (κ3) is 7.19. The Morgan fingerprint density at radius 2 is 1.11 bits per heavy atom. The number of carbonyl (C=O) groups is 2. The summed E-state index contributed by atoms with van der Waals surface area (Å²) >= 11 is 3.24. The van der Waals surface area contributed by atoms with Crippen LogP contribution in [0.3, 0.4) is 0 Å². The highest BCUT2D eigenvalue weighted by molar-refractivity contribution is 9.10. The lowest BCUT2D eigenvalue weighted by Crippen LogP contribution is -2.25. The summed E-state index contributed by atoms with van der Waals surface area (Å²) in [5.41, 5.74) is -2.62. The maximum atomic E-state index is 13.0. The zero-order valence-corrected chi connectivity index (χ0v) is 19.1. The first-order valence-corrected chi connectivity index (χ1v) is 10.6. The van der Waals surface area contributed by atoms with Crippen molar-refractivity contribution in [2.45, 2.75) is 12.4 Å². The lowest BCUT2D eigenvalue weighted by Gasteiger charge is -2.13. The van der Waals surface area contributed by atoms with Crippen LogP contribution in [0.5, 0.6) is 0 Å². The molecule has 0 saturated carbocycles. The third-order valence-corrected chi connectivity index (χ3v) is 5.09. The SMILES string of the molecule is O=C(Nc1cccc(C(F)(F)F)c1)C(=Cc1ccc(Br)cc1)C(=O)Nc1cccc(C(F)(F)F)c1. The van der Waals surface area contributed by atoms with E-state index in [0.29, 0.717) is 22.2 Å². The van der Waals surface area contributed by atoms with E-state index in [1.807, 2.05) is 0 Å². The fourth-order valence-electron chi connectivity index (χ4n) is 2.90. The van der Waals surface area contributed by atoms with Crippen LogP contribution in [0.4, 0.5) is 37.7 Å². The van der Waals surface area contributed by atoms with Crippen LogP contribution in [0.1, 0.15) is 16.7 Å². The number of alkyl halides is 6. The number of carbonyl (C=O) groups excluding carboxylic acids is 2. The van der Waals surface area contributed by atoms with Crippen LogP contribution >= 0.6 is 15.9 Å². The molecule has 3 aromatic carbocycles. The monoisotopic (exact) mass is 556 g/mol. The van der Waals surface area contributed by atoms with Crippen LogP contribution in [0.15, 0.2) is 82.8 Å². The summed E-state index contributed by atoms with van der Waals surface area (Å²) in [6, 6.07) is 13.9. The Hall–Kier alpha value is -3.60. The van der Waals surface area contributed by atoms with E-state index in [1.165, 1.54) is 18.2 Å². The summed E-state index contributed by atoms with van der Waals surface area (Å²) in [6.45, 7) is 0. The quantitative estimate of drug-likeness (QED) is 0.152. The normalized spacial score (nSPS) is 11.5. The number of hydrogen-bond donors (Lipinski definition) is 2. The first kappa shape index (κ1) is 26.0. The average Bonchev–Trinajstić information content (AvgIpc) is 2.77. The molecule has 0 aliphatic carbocycles. The molecule has 3 aromatic rings. The molecule has 2 amide bonds. The van der Waals surface area contributed by atoms with Gasteiger partial charge in [0.05, 0.1) is 11.1 Å². The number of rotatable bonds is 5. The zero-order valence-electron chi connectivity index (χ0n) is 17.5. The molecule has 0 bridgehead atoms. The average molecular weight is 557 g/mol. The Kier molecular flexibility index (Phi) is 7.69. The first-order valence-electron chi connectivity index (χ1n) is 9.77. The zero-order chi connectivity index (χ0) is 25.8. The summed E-state index contributed by atoms with van der Waals surface area (Å²) in [4.78, 5) is 25.8. The highest BCUT2D eigenvalue weighted by Crippen LogP contribution is 2.32. The number of anilines is 2. The molecule has 0 unspecified atom stereocenters. The lowest BCUT2D eigenvalue weighted by molar-refractivity contribution is -0.138. The Labute approximate surface area is 203 Å². The molecule has 0 atom stereocenters. The van der Waals surface area contributed by atoms with E-state index >= 15 is 0 Å². The molecule has 11 heteroatoms. The van der Waals surface area contributed by atoms with Gasteiger partial charge in [-0.2, -0.15) is 26.3 Å². The predicted octanol–water partition coefficient (Wildman–Crippen LogP) is 7.15. The smallest absolute Gasteiger partial charge is 0.322 e. The molecule has 35 heavy (non-hydrogen) atoms. The summed E-state index contributed by atoms with van der Waals surface area (Å²) in [6.07, 6.45) is -8.15. The van der Waals surface area contributed by atoms with Crippen molar-refractivity contribution in [2.75, 3.05) is 10.6 Å². The van der Waals surface area contributed by atoms with Crippen LogP contribution in [-0.4, -0.2) is 11.8 Å². The van der Waals surface area contributed by atoms with Crippen LogP contribution in [0, 0.1) is 0 Å². The van der Waals surface area contributed by atoms with E-state index in [2.05, 4.69) is 26.6 Å². The van der Waals surface area contributed by atoms with Crippen molar-refractivity contribution in [3.8, 4) is 0 Å². The molecule has 0 radical (unpaired) electrons. The van der Waals surface area contributed by atoms with Crippen molar-refractivity contribution in [3.63, 3.8) is 0 Å². The Morgan fingerprint density at radius 3 is 1.51 bits per heavy atom. The fourth-order valence-corrected chi connectivity index (χ4v) is 3.17. The predicted molar refractivity (Wildman–Crippen MR) is 122 cm³/mol. The summed E-state index contributed by atoms with van der Waals surface area (Å²) in [5, 5.41) is 4.46. The molecule has 182 valence electrons. The first-order chi connectivity index (χ1) is 16.3. The molecular formula is C24H15BrF6N2O2. The molecule has 0 fully saturated rings. The summed E-state index contributed by atoms with van der Waals surface area (Å²) < 4.78 is 78.7. The van der Waals surface area contributed by atoms with Crippen molar-refractivity contribution in [2.24, 2.45) is 0 Å². The molecule has 4 nitrogen and oxygen atoms in total. The van der Waals surface area contributed by atoms with Crippen molar-refractivity contribution in [1.29, 1.82) is 0 Å². The molecule has 0 spiro atoms. The van der Waals surface area contributed by atoms with Crippen molar-refractivity contribution in [3.05, 3.63) is 99.5 Å². The molecule has 3 rings (SSSR count). The van der Waals surface area contributed by atoms with Crippen LogP contribution in [0.25, 0.3) is 6.08 Å². The second-order valence-electron chi connectivity index (χ2n) is 7.17. The molecular weight excluding hydrogens is 542 g/mol. The maximum Gasteiger partial charge on any atom is 0.416 e. The topological polar surface area (TPSA) is 58.2 Å². The second kappa shape index (κ2) is 10.3. The van der Waals surface area contributed by atoms with E-state index in [4.69, 9.17) is 0 Å². The standard InChI is InChI=1S/C24H15BrF6N2O2/c25-17-9-7-14(8-10-17)11-20(21(34)32-18-5-1-3-15(12-18)23(26,27)28)22(35)33-19-6-2-4-16(13-19)24(29,30)31/h1-13H,(H,32,34)(H,33,35). The molecule has 0 aromatic heterocycles. The maximum absolute atomic E-state index is 13.0. The molecule has 0 heterocycles. The van der Waals surface area contributed by atoms with Gasteiger partial charge in [-0.15, -0.1) is 0 Å². The second-order valence-corrected chi connectivity index (χ2v) is 8.09. The van der Waals surface area contributed by atoms with Crippen LogP contribution < -0.4 is 10.6 Å². The van der Waals surface area contributed by atoms with Gasteiger partial charge in [-0.1, -0.05) is 40.2 Å². The van der Waals surface area contributed by atoms with Crippen molar-refractivity contribution >= 4 is 45.2 Å². The van der Waals surface area contributed by atoms with Gasteiger partial charge in [-0.25, -0.2) is 0 Å². The van der Waals surface area contributed by atoms with E-state index in [1.54, 1.807) is 24.3 Å². The van der Waals surface area contributed by atoms with Gasteiger partial charge in [0.2, 0.25) is 0 Å². The highest BCUT2D eigenvalue weighted by Gasteiger charge is 2.32.